The van der Waals surface area contributed by atoms with E-state index in [1.54, 1.807) is 34.9 Å². The van der Waals surface area contributed by atoms with Crippen LogP contribution in [0.4, 0.5) is 11.5 Å². The molecule has 0 bridgehead atoms. The van der Waals surface area contributed by atoms with E-state index in [0.717, 1.165) is 0 Å². The molecular weight excluding hydrogens is 508 g/mol. The van der Waals surface area contributed by atoms with Crippen molar-refractivity contribution in [3.8, 4) is 16.9 Å². The fourth-order valence-corrected chi connectivity index (χ4v) is 3.71. The average molecular weight is 533 g/mol. The maximum Gasteiger partial charge on any atom is 0.261 e. The SMILES string of the molecule is CN(C)CCn1cncc(-c2ccc(C(=O)Nc3c(O)cccc3C(=O)Nc3ccc(Cl)cn3)cc2)c1=O. The standard InChI is InChI=1S/C27H25ClN6O4/c1-33(2)12-13-34-16-29-15-21(27(34)38)17-6-8-18(9-7-17)25(36)32-24-20(4-3-5-22(24)35)26(37)31-23-11-10-19(28)14-30-23/h3-11,14-16,35H,12-13H2,1-2H3,(H,32,36)(H,30,31,37). The molecule has 0 fully saturated rings. The third-order valence-electron chi connectivity index (χ3n) is 5.64. The molecule has 2 heterocycles. The Bertz CT molecular complexity index is 1520. The quantitative estimate of drug-likeness (QED) is 0.295. The van der Waals surface area contributed by atoms with Gasteiger partial charge in [0.2, 0.25) is 0 Å². The lowest BCUT2D eigenvalue weighted by Crippen LogP contribution is -2.27. The predicted molar refractivity (Wildman–Crippen MR) is 146 cm³/mol. The van der Waals surface area contributed by atoms with E-state index in [0.29, 0.717) is 29.2 Å². The second kappa shape index (κ2) is 11.7. The van der Waals surface area contributed by atoms with Crippen LogP contribution in [0.25, 0.3) is 11.1 Å². The number of carbonyl (C=O) groups is 2. The van der Waals surface area contributed by atoms with E-state index in [9.17, 15) is 19.5 Å². The summed E-state index contributed by atoms with van der Waals surface area (Å²) < 4.78 is 1.54. The maximum absolute atomic E-state index is 13.0. The van der Waals surface area contributed by atoms with Crippen molar-refractivity contribution in [1.82, 2.24) is 19.4 Å². The molecule has 0 saturated carbocycles. The van der Waals surface area contributed by atoms with Crippen molar-refractivity contribution in [3.05, 3.63) is 99.8 Å². The highest BCUT2D eigenvalue weighted by atomic mass is 35.5. The van der Waals surface area contributed by atoms with Gasteiger partial charge in [-0.1, -0.05) is 29.8 Å². The Kier molecular flexibility index (Phi) is 8.15. The number of halogens is 1. The number of aromatic nitrogens is 3. The maximum atomic E-state index is 13.0. The number of amides is 2. The van der Waals surface area contributed by atoms with Crippen LogP contribution < -0.4 is 16.2 Å². The van der Waals surface area contributed by atoms with Crippen LogP contribution in [0.1, 0.15) is 20.7 Å². The van der Waals surface area contributed by atoms with Gasteiger partial charge in [0, 0.05) is 31.0 Å². The van der Waals surface area contributed by atoms with E-state index < -0.39 is 11.8 Å². The molecule has 2 aromatic carbocycles. The van der Waals surface area contributed by atoms with Gasteiger partial charge in [0.1, 0.15) is 11.6 Å². The first-order chi connectivity index (χ1) is 18.2. The fraction of sp³-hybridized carbons (Fsp3) is 0.148. The number of nitrogens with one attached hydrogen (secondary N) is 2. The molecule has 0 unspecified atom stereocenters. The molecule has 0 atom stereocenters. The van der Waals surface area contributed by atoms with Crippen molar-refractivity contribution in [2.24, 2.45) is 0 Å². The number of aromatic hydroxyl groups is 1. The van der Waals surface area contributed by atoms with Crippen LogP contribution in [0.3, 0.4) is 0 Å². The molecule has 10 nitrogen and oxygen atoms in total. The van der Waals surface area contributed by atoms with Gasteiger partial charge < -0.3 is 20.6 Å². The number of para-hydroxylation sites is 1. The normalized spacial score (nSPS) is 10.8. The molecule has 0 aliphatic rings. The first-order valence-electron chi connectivity index (χ1n) is 11.6. The van der Waals surface area contributed by atoms with Gasteiger partial charge >= 0.3 is 0 Å². The van der Waals surface area contributed by atoms with E-state index in [2.05, 4.69) is 20.6 Å². The second-order valence-corrected chi connectivity index (χ2v) is 9.09. The van der Waals surface area contributed by atoms with E-state index in [4.69, 9.17) is 11.6 Å². The molecule has 0 aliphatic carbocycles. The number of nitrogens with zero attached hydrogens (tertiary/aromatic N) is 4. The number of phenols is 1. The number of anilines is 2. The summed E-state index contributed by atoms with van der Waals surface area (Å²) in [6.45, 7) is 1.18. The Labute approximate surface area is 223 Å². The molecule has 3 N–H and O–H groups in total. The number of hydrogen-bond donors (Lipinski definition) is 3. The summed E-state index contributed by atoms with van der Waals surface area (Å²) in [6, 6.07) is 13.8. The van der Waals surface area contributed by atoms with Crippen LogP contribution in [0.15, 0.2) is 78.1 Å². The van der Waals surface area contributed by atoms with E-state index >= 15 is 0 Å². The summed E-state index contributed by atoms with van der Waals surface area (Å²) in [5.41, 5.74) is 1.09. The predicted octanol–water partition coefficient (Wildman–Crippen LogP) is 3.73. The van der Waals surface area contributed by atoms with Gasteiger partial charge in [-0.05, 0) is 56.1 Å². The van der Waals surface area contributed by atoms with Crippen molar-refractivity contribution in [1.29, 1.82) is 0 Å². The zero-order valence-corrected chi connectivity index (χ0v) is 21.4. The van der Waals surface area contributed by atoms with E-state index in [1.165, 1.54) is 43.0 Å². The highest BCUT2D eigenvalue weighted by molar-refractivity contribution is 6.30. The fourth-order valence-electron chi connectivity index (χ4n) is 3.60. The smallest absolute Gasteiger partial charge is 0.261 e. The highest BCUT2D eigenvalue weighted by Crippen LogP contribution is 2.29. The van der Waals surface area contributed by atoms with Crippen LogP contribution in [0.2, 0.25) is 5.02 Å². The summed E-state index contributed by atoms with van der Waals surface area (Å²) >= 11 is 5.83. The molecule has 0 aliphatic heterocycles. The topological polar surface area (TPSA) is 129 Å². The molecule has 4 rings (SSSR count). The highest BCUT2D eigenvalue weighted by Gasteiger charge is 2.19. The summed E-state index contributed by atoms with van der Waals surface area (Å²) in [7, 11) is 3.85. The van der Waals surface area contributed by atoms with E-state index in [-0.39, 0.29) is 33.9 Å². The Morgan fingerprint density at radius 2 is 1.76 bits per heavy atom. The van der Waals surface area contributed by atoms with Crippen LogP contribution in [-0.2, 0) is 6.54 Å². The van der Waals surface area contributed by atoms with Gasteiger partial charge in [0.05, 0.1) is 28.2 Å². The largest absolute Gasteiger partial charge is 0.506 e. The minimum absolute atomic E-state index is 0.0420. The van der Waals surface area contributed by atoms with Crippen molar-refractivity contribution >= 4 is 34.9 Å². The van der Waals surface area contributed by atoms with Gasteiger partial charge in [0.15, 0.2) is 0 Å². The minimum Gasteiger partial charge on any atom is -0.506 e. The lowest BCUT2D eigenvalue weighted by atomic mass is 10.1. The molecule has 194 valence electrons. The molecular formula is C27H25ClN6O4. The van der Waals surface area contributed by atoms with Gasteiger partial charge in [0.25, 0.3) is 17.4 Å². The van der Waals surface area contributed by atoms with Gasteiger partial charge in [-0.3, -0.25) is 19.0 Å². The number of likely N-dealkylation sites (N-methyl/N-ethyl adjacent to an activating group) is 1. The number of pyridine rings is 1. The summed E-state index contributed by atoms with van der Waals surface area (Å²) in [4.78, 5) is 48.9. The third-order valence-corrected chi connectivity index (χ3v) is 5.87. The number of carbonyl (C=O) groups excluding carboxylic acids is 2. The molecule has 0 saturated heterocycles. The van der Waals surface area contributed by atoms with Crippen molar-refractivity contribution in [2.45, 2.75) is 6.54 Å². The summed E-state index contributed by atoms with van der Waals surface area (Å²) in [5.74, 6) is -1.15. The van der Waals surface area contributed by atoms with Crippen LogP contribution >= 0.6 is 11.6 Å². The summed E-state index contributed by atoms with van der Waals surface area (Å²) in [5, 5.41) is 16.0. The molecule has 0 radical (unpaired) electrons. The van der Waals surface area contributed by atoms with Gasteiger partial charge in [-0.2, -0.15) is 0 Å². The Hall–Kier alpha value is -4.54. The Morgan fingerprint density at radius 3 is 2.45 bits per heavy atom. The first kappa shape index (κ1) is 26.5. The van der Waals surface area contributed by atoms with Crippen molar-refractivity contribution < 1.29 is 14.7 Å². The Morgan fingerprint density at radius 1 is 1.00 bits per heavy atom. The van der Waals surface area contributed by atoms with Crippen LogP contribution in [0.5, 0.6) is 5.75 Å². The zero-order chi connectivity index (χ0) is 27.2. The zero-order valence-electron chi connectivity index (χ0n) is 20.7. The second-order valence-electron chi connectivity index (χ2n) is 8.66. The number of phenolic OH excluding ortho intramolecular Hbond substituents is 1. The van der Waals surface area contributed by atoms with Gasteiger partial charge in [-0.25, -0.2) is 9.97 Å². The van der Waals surface area contributed by atoms with Crippen molar-refractivity contribution in [2.75, 3.05) is 31.3 Å². The van der Waals surface area contributed by atoms with Crippen molar-refractivity contribution in [3.63, 3.8) is 0 Å². The average Bonchev–Trinajstić information content (AvgIpc) is 2.90. The number of rotatable bonds is 8. The molecule has 4 aromatic rings. The number of hydrogen-bond acceptors (Lipinski definition) is 7. The van der Waals surface area contributed by atoms with Gasteiger partial charge in [-0.15, -0.1) is 0 Å². The lowest BCUT2D eigenvalue weighted by Gasteiger charge is -2.13. The molecule has 2 amide bonds. The molecule has 2 aromatic heterocycles. The first-order valence-corrected chi connectivity index (χ1v) is 12.0. The van der Waals surface area contributed by atoms with Crippen LogP contribution in [-0.4, -0.2) is 57.0 Å². The molecule has 38 heavy (non-hydrogen) atoms. The third kappa shape index (κ3) is 6.23. The summed E-state index contributed by atoms with van der Waals surface area (Å²) in [6.07, 6.45) is 4.38. The number of benzene rings is 2. The molecule has 0 spiro atoms. The van der Waals surface area contributed by atoms with E-state index in [1.807, 2.05) is 19.0 Å². The Balaban J connectivity index is 1.53. The van der Waals surface area contributed by atoms with Crippen LogP contribution in [0, 0.1) is 0 Å². The minimum atomic E-state index is -0.580. The monoisotopic (exact) mass is 532 g/mol. The molecule has 11 heteroatoms. The lowest BCUT2D eigenvalue weighted by molar-refractivity contribution is 0.102.